The molecule has 0 saturated heterocycles. The van der Waals surface area contributed by atoms with Crippen molar-refractivity contribution >= 4 is 11.8 Å². The Morgan fingerprint density at radius 2 is 1.92 bits per heavy atom. The second kappa shape index (κ2) is 6.40. The summed E-state index contributed by atoms with van der Waals surface area (Å²) >= 11 is 0. The standard InChI is InChI=1S/C15H16F6N2O2/c1-2-13(22)6-5-9-7-10(15(19,20)21)3-4-11(9)23(13)12(24)25-8-14(16,17)18/h3-4,7H,2,5-6,8,22H2,1H3. The smallest absolute Gasteiger partial charge is 0.422 e. The van der Waals surface area contributed by atoms with Crippen molar-refractivity contribution in [1.29, 1.82) is 0 Å². The van der Waals surface area contributed by atoms with E-state index < -0.39 is 36.3 Å². The Morgan fingerprint density at radius 1 is 1.28 bits per heavy atom. The molecule has 1 unspecified atom stereocenters. The molecule has 1 amide bonds. The molecular formula is C15H16F6N2O2. The Balaban J connectivity index is 2.40. The molecule has 0 radical (unpaired) electrons. The number of nitrogens with zero attached hydrogens (tertiary/aromatic N) is 1. The molecule has 0 bridgehead atoms. The van der Waals surface area contributed by atoms with E-state index in [0.717, 1.165) is 23.1 Å². The molecule has 2 rings (SSSR count). The minimum atomic E-state index is -4.72. The van der Waals surface area contributed by atoms with Gasteiger partial charge in [0.05, 0.1) is 16.9 Å². The molecule has 25 heavy (non-hydrogen) atoms. The third-order valence-corrected chi connectivity index (χ3v) is 4.07. The number of anilines is 1. The van der Waals surface area contributed by atoms with Crippen molar-refractivity contribution in [1.82, 2.24) is 0 Å². The number of benzene rings is 1. The van der Waals surface area contributed by atoms with Gasteiger partial charge in [0.2, 0.25) is 0 Å². The van der Waals surface area contributed by atoms with Crippen molar-refractivity contribution in [2.45, 2.75) is 44.2 Å². The Kier molecular flexibility index (Phi) is 4.95. The van der Waals surface area contributed by atoms with E-state index in [1.807, 2.05) is 0 Å². The first kappa shape index (κ1) is 19.4. The van der Waals surface area contributed by atoms with Gasteiger partial charge in [0, 0.05) is 0 Å². The number of ether oxygens (including phenoxy) is 1. The maximum Gasteiger partial charge on any atom is 0.422 e. The first-order chi connectivity index (χ1) is 11.4. The van der Waals surface area contributed by atoms with Gasteiger partial charge in [0.15, 0.2) is 6.61 Å². The van der Waals surface area contributed by atoms with Crippen LogP contribution >= 0.6 is 0 Å². The van der Waals surface area contributed by atoms with Gasteiger partial charge in [0.25, 0.3) is 0 Å². The van der Waals surface area contributed by atoms with Crippen LogP contribution in [0.5, 0.6) is 0 Å². The third-order valence-electron chi connectivity index (χ3n) is 4.07. The quantitative estimate of drug-likeness (QED) is 0.793. The molecule has 2 N–H and O–H groups in total. The summed E-state index contributed by atoms with van der Waals surface area (Å²) in [5.74, 6) is 0. The fourth-order valence-corrected chi connectivity index (χ4v) is 2.71. The van der Waals surface area contributed by atoms with Gasteiger partial charge in [-0.1, -0.05) is 6.92 Å². The molecule has 0 fully saturated rings. The number of fused-ring (bicyclic) bond motifs is 1. The number of carbonyl (C=O) groups excluding carboxylic acids is 1. The summed E-state index contributed by atoms with van der Waals surface area (Å²) in [4.78, 5) is 13.0. The molecular weight excluding hydrogens is 354 g/mol. The lowest BCUT2D eigenvalue weighted by molar-refractivity contribution is -0.160. The second-order valence-electron chi connectivity index (χ2n) is 5.80. The van der Waals surface area contributed by atoms with Gasteiger partial charge in [-0.05, 0) is 43.0 Å². The van der Waals surface area contributed by atoms with Crippen molar-refractivity contribution < 1.29 is 35.9 Å². The van der Waals surface area contributed by atoms with Crippen LogP contribution in [-0.4, -0.2) is 24.5 Å². The zero-order valence-corrected chi connectivity index (χ0v) is 13.2. The molecule has 140 valence electrons. The van der Waals surface area contributed by atoms with E-state index in [9.17, 15) is 31.1 Å². The fourth-order valence-electron chi connectivity index (χ4n) is 2.71. The molecule has 1 aromatic rings. The highest BCUT2D eigenvalue weighted by Crippen LogP contribution is 2.40. The van der Waals surface area contributed by atoms with E-state index in [1.54, 1.807) is 6.92 Å². The molecule has 0 aromatic heterocycles. The second-order valence-corrected chi connectivity index (χ2v) is 5.80. The SMILES string of the molecule is CCC1(N)CCc2cc(C(F)(F)F)ccc2N1C(=O)OCC(F)(F)F. The number of carbonyl (C=O) groups is 1. The highest BCUT2D eigenvalue weighted by atomic mass is 19.4. The van der Waals surface area contributed by atoms with Crippen LogP contribution in [0, 0.1) is 0 Å². The topological polar surface area (TPSA) is 55.6 Å². The molecule has 0 saturated carbocycles. The van der Waals surface area contributed by atoms with Gasteiger partial charge >= 0.3 is 18.4 Å². The van der Waals surface area contributed by atoms with Crippen molar-refractivity contribution in [2.75, 3.05) is 11.5 Å². The molecule has 0 spiro atoms. The summed E-state index contributed by atoms with van der Waals surface area (Å²) in [6, 6.07) is 2.66. The minimum absolute atomic E-state index is 0.0239. The predicted molar refractivity (Wildman–Crippen MR) is 76.9 cm³/mol. The van der Waals surface area contributed by atoms with Crippen molar-refractivity contribution in [2.24, 2.45) is 5.73 Å². The van der Waals surface area contributed by atoms with E-state index in [0.29, 0.717) is 0 Å². The molecule has 0 aliphatic carbocycles. The first-order valence-electron chi connectivity index (χ1n) is 7.40. The zero-order chi connectivity index (χ0) is 19.0. The summed E-state index contributed by atoms with van der Waals surface area (Å²) in [5, 5.41) is 0. The molecule has 1 atom stereocenters. The van der Waals surface area contributed by atoms with E-state index in [1.165, 1.54) is 0 Å². The van der Waals surface area contributed by atoms with Gasteiger partial charge in [-0.3, -0.25) is 4.90 Å². The summed E-state index contributed by atoms with van der Waals surface area (Å²) in [7, 11) is 0. The largest absolute Gasteiger partial charge is 0.439 e. The highest BCUT2D eigenvalue weighted by Gasteiger charge is 2.43. The number of nitrogens with two attached hydrogens (primary N) is 1. The molecule has 1 aliphatic rings. The number of alkyl halides is 6. The number of rotatable bonds is 2. The van der Waals surface area contributed by atoms with E-state index >= 15 is 0 Å². The van der Waals surface area contributed by atoms with Crippen LogP contribution in [0.2, 0.25) is 0 Å². The van der Waals surface area contributed by atoms with Gasteiger partial charge < -0.3 is 10.5 Å². The molecule has 1 heterocycles. The molecule has 10 heteroatoms. The average Bonchev–Trinajstić information content (AvgIpc) is 2.50. The van der Waals surface area contributed by atoms with Crippen LogP contribution < -0.4 is 10.6 Å². The summed E-state index contributed by atoms with van der Waals surface area (Å²) in [6.45, 7) is -0.183. The normalized spacial score (nSPS) is 21.0. The van der Waals surface area contributed by atoms with Gasteiger partial charge in [-0.15, -0.1) is 0 Å². The zero-order valence-electron chi connectivity index (χ0n) is 13.2. The summed E-state index contributed by atoms with van der Waals surface area (Å²) < 4.78 is 79.6. The number of halogens is 6. The lowest BCUT2D eigenvalue weighted by Gasteiger charge is -2.44. The summed E-state index contributed by atoms with van der Waals surface area (Å²) in [5.41, 5.74) is 4.06. The number of hydrogen-bond acceptors (Lipinski definition) is 3. The molecule has 1 aromatic carbocycles. The van der Waals surface area contributed by atoms with Crippen molar-refractivity contribution in [3.05, 3.63) is 29.3 Å². The first-order valence-corrected chi connectivity index (χ1v) is 7.40. The van der Waals surface area contributed by atoms with E-state index in [4.69, 9.17) is 5.73 Å². The Hall–Kier alpha value is -1.97. The lowest BCUT2D eigenvalue weighted by atomic mass is 9.89. The van der Waals surface area contributed by atoms with Crippen LogP contribution in [-0.2, 0) is 17.3 Å². The average molecular weight is 370 g/mol. The van der Waals surface area contributed by atoms with Crippen molar-refractivity contribution in [3.63, 3.8) is 0 Å². The van der Waals surface area contributed by atoms with Crippen LogP contribution in [0.4, 0.5) is 36.8 Å². The fraction of sp³-hybridized carbons (Fsp3) is 0.533. The monoisotopic (exact) mass is 370 g/mol. The maximum absolute atomic E-state index is 12.8. The van der Waals surface area contributed by atoms with Crippen LogP contribution in [0.1, 0.15) is 30.9 Å². The lowest BCUT2D eigenvalue weighted by Crippen LogP contribution is -2.61. The number of hydrogen-bond donors (Lipinski definition) is 1. The van der Waals surface area contributed by atoms with Crippen LogP contribution in [0.25, 0.3) is 0 Å². The minimum Gasteiger partial charge on any atom is -0.439 e. The molecule has 4 nitrogen and oxygen atoms in total. The van der Waals surface area contributed by atoms with E-state index in [-0.39, 0.29) is 30.5 Å². The van der Waals surface area contributed by atoms with Crippen LogP contribution in [0.3, 0.4) is 0 Å². The van der Waals surface area contributed by atoms with E-state index in [2.05, 4.69) is 4.74 Å². The van der Waals surface area contributed by atoms with Crippen LogP contribution in [0.15, 0.2) is 18.2 Å². The van der Waals surface area contributed by atoms with Crippen molar-refractivity contribution in [3.8, 4) is 0 Å². The maximum atomic E-state index is 12.8. The Labute approximate surface area is 139 Å². The van der Waals surface area contributed by atoms with Gasteiger partial charge in [-0.25, -0.2) is 4.79 Å². The predicted octanol–water partition coefficient (Wildman–Crippen LogP) is 4.22. The third kappa shape index (κ3) is 4.17. The number of aryl methyl sites for hydroxylation is 1. The van der Waals surface area contributed by atoms with Gasteiger partial charge in [-0.2, -0.15) is 26.3 Å². The summed E-state index contributed by atoms with van der Waals surface area (Å²) in [6.07, 6.45) is -10.2. The van der Waals surface area contributed by atoms with Gasteiger partial charge in [0.1, 0.15) is 0 Å². The number of amides is 1. The Morgan fingerprint density at radius 3 is 2.44 bits per heavy atom. The Bertz CT molecular complexity index is 658. The highest BCUT2D eigenvalue weighted by molar-refractivity contribution is 5.91. The molecule has 1 aliphatic heterocycles.